The number of methoxy groups -OCH3 is 1. The van der Waals surface area contributed by atoms with Gasteiger partial charge in [0, 0.05) is 10.9 Å². The minimum absolute atomic E-state index is 0.174. The summed E-state index contributed by atoms with van der Waals surface area (Å²) >= 11 is 0. The first-order chi connectivity index (χ1) is 11.2. The fraction of sp³-hybridized carbons (Fsp3) is 0.158. The molecule has 0 bridgehead atoms. The zero-order valence-corrected chi connectivity index (χ0v) is 13.1. The van der Waals surface area contributed by atoms with Crippen molar-refractivity contribution in [1.29, 1.82) is 0 Å². The van der Waals surface area contributed by atoms with E-state index in [0.717, 1.165) is 22.2 Å². The third-order valence-corrected chi connectivity index (χ3v) is 3.78. The lowest BCUT2D eigenvalue weighted by molar-refractivity contribution is 0.0935. The third kappa shape index (κ3) is 3.16. The number of carbonyl (C=O) groups is 1. The molecule has 4 heteroatoms. The summed E-state index contributed by atoms with van der Waals surface area (Å²) in [4.78, 5) is 16.9. The first-order valence-corrected chi connectivity index (χ1v) is 7.48. The molecule has 0 saturated heterocycles. The van der Waals surface area contributed by atoms with E-state index in [2.05, 4.69) is 10.3 Å². The van der Waals surface area contributed by atoms with Crippen LogP contribution in [0.4, 0.5) is 0 Å². The van der Waals surface area contributed by atoms with E-state index in [4.69, 9.17) is 4.74 Å². The summed E-state index contributed by atoms with van der Waals surface area (Å²) in [5.41, 5.74) is 2.15. The van der Waals surface area contributed by atoms with E-state index in [1.165, 1.54) is 0 Å². The van der Waals surface area contributed by atoms with Crippen LogP contribution in [0.2, 0.25) is 0 Å². The first kappa shape index (κ1) is 15.0. The number of rotatable bonds is 4. The van der Waals surface area contributed by atoms with E-state index in [9.17, 15) is 4.79 Å². The van der Waals surface area contributed by atoms with Crippen LogP contribution >= 0.6 is 0 Å². The summed E-state index contributed by atoms with van der Waals surface area (Å²) in [6, 6.07) is 18.9. The minimum atomic E-state index is -0.200. The van der Waals surface area contributed by atoms with Crippen LogP contribution in [0.25, 0.3) is 10.9 Å². The van der Waals surface area contributed by atoms with Gasteiger partial charge in [-0.1, -0.05) is 42.5 Å². The third-order valence-electron chi connectivity index (χ3n) is 3.78. The fourth-order valence-corrected chi connectivity index (χ4v) is 2.56. The van der Waals surface area contributed by atoms with Crippen LogP contribution in [0.3, 0.4) is 0 Å². The average molecular weight is 306 g/mol. The maximum absolute atomic E-state index is 12.5. The molecule has 0 spiro atoms. The van der Waals surface area contributed by atoms with Gasteiger partial charge in [-0.15, -0.1) is 0 Å². The van der Waals surface area contributed by atoms with E-state index in [-0.39, 0.29) is 11.9 Å². The molecule has 1 heterocycles. The van der Waals surface area contributed by atoms with Crippen molar-refractivity contribution in [2.24, 2.45) is 0 Å². The Hall–Kier alpha value is -2.88. The van der Waals surface area contributed by atoms with Crippen LogP contribution < -0.4 is 10.1 Å². The molecule has 3 rings (SSSR count). The van der Waals surface area contributed by atoms with Gasteiger partial charge in [0.1, 0.15) is 11.4 Å². The molecular formula is C19H18N2O2. The molecule has 0 aliphatic rings. The van der Waals surface area contributed by atoms with Gasteiger partial charge in [0.05, 0.1) is 18.7 Å². The van der Waals surface area contributed by atoms with E-state index in [1.807, 2.05) is 61.5 Å². The van der Waals surface area contributed by atoms with Gasteiger partial charge in [-0.2, -0.15) is 0 Å². The molecule has 1 atom stereocenters. The van der Waals surface area contributed by atoms with Gasteiger partial charge in [-0.05, 0) is 25.1 Å². The van der Waals surface area contributed by atoms with Gasteiger partial charge in [-0.3, -0.25) is 4.79 Å². The zero-order chi connectivity index (χ0) is 16.2. The number of ether oxygens (including phenoxy) is 1. The van der Waals surface area contributed by atoms with Crippen LogP contribution in [0.5, 0.6) is 5.75 Å². The number of pyridine rings is 1. The van der Waals surface area contributed by atoms with Crippen molar-refractivity contribution in [1.82, 2.24) is 10.3 Å². The molecule has 1 amide bonds. The lowest BCUT2D eigenvalue weighted by atomic mass is 10.1. The molecule has 0 radical (unpaired) electrons. The molecule has 116 valence electrons. The quantitative estimate of drug-likeness (QED) is 0.799. The van der Waals surface area contributed by atoms with Crippen molar-refractivity contribution >= 4 is 16.8 Å². The van der Waals surface area contributed by atoms with Crippen molar-refractivity contribution < 1.29 is 9.53 Å². The lowest BCUT2D eigenvalue weighted by Gasteiger charge is -2.17. The molecule has 23 heavy (non-hydrogen) atoms. The van der Waals surface area contributed by atoms with E-state index >= 15 is 0 Å². The maximum Gasteiger partial charge on any atom is 0.270 e. The zero-order valence-electron chi connectivity index (χ0n) is 13.1. The lowest BCUT2D eigenvalue weighted by Crippen LogP contribution is -2.27. The number of carbonyl (C=O) groups excluding carboxylic acids is 1. The van der Waals surface area contributed by atoms with Crippen molar-refractivity contribution in [3.8, 4) is 5.75 Å². The van der Waals surface area contributed by atoms with Gasteiger partial charge in [-0.25, -0.2) is 4.98 Å². The molecule has 1 unspecified atom stereocenters. The molecule has 3 aromatic rings. The minimum Gasteiger partial charge on any atom is -0.496 e. The summed E-state index contributed by atoms with van der Waals surface area (Å²) in [6.45, 7) is 1.93. The average Bonchev–Trinajstić information content (AvgIpc) is 2.61. The number of aromatic nitrogens is 1. The van der Waals surface area contributed by atoms with Crippen molar-refractivity contribution in [3.63, 3.8) is 0 Å². The summed E-state index contributed by atoms with van der Waals surface area (Å²) in [5.74, 6) is 0.556. The van der Waals surface area contributed by atoms with Crippen LogP contribution in [-0.4, -0.2) is 18.0 Å². The predicted molar refractivity (Wildman–Crippen MR) is 90.6 cm³/mol. The molecule has 1 aromatic heterocycles. The monoisotopic (exact) mass is 306 g/mol. The van der Waals surface area contributed by atoms with Crippen LogP contribution in [0, 0.1) is 0 Å². The summed E-state index contributed by atoms with van der Waals surface area (Å²) in [5, 5.41) is 3.99. The Balaban J connectivity index is 1.82. The van der Waals surface area contributed by atoms with Crippen LogP contribution in [0.1, 0.15) is 29.0 Å². The highest BCUT2D eigenvalue weighted by atomic mass is 16.5. The molecule has 0 aliphatic carbocycles. The van der Waals surface area contributed by atoms with E-state index < -0.39 is 0 Å². The topological polar surface area (TPSA) is 51.2 Å². The number of hydrogen-bond donors (Lipinski definition) is 1. The highest BCUT2D eigenvalue weighted by molar-refractivity contribution is 5.95. The number of hydrogen-bond acceptors (Lipinski definition) is 3. The second-order valence-electron chi connectivity index (χ2n) is 5.33. The number of nitrogens with zero attached hydrogens (tertiary/aromatic N) is 1. The predicted octanol–water partition coefficient (Wildman–Crippen LogP) is 3.73. The molecule has 0 saturated carbocycles. The summed E-state index contributed by atoms with van der Waals surface area (Å²) < 4.78 is 5.34. The second-order valence-corrected chi connectivity index (χ2v) is 5.33. The number of benzene rings is 2. The Kier molecular flexibility index (Phi) is 4.24. The molecular weight excluding hydrogens is 288 g/mol. The Morgan fingerprint density at radius 2 is 1.78 bits per heavy atom. The maximum atomic E-state index is 12.5. The number of fused-ring (bicyclic) bond motifs is 1. The Labute approximate surface area is 135 Å². The largest absolute Gasteiger partial charge is 0.496 e. The summed E-state index contributed by atoms with van der Waals surface area (Å²) in [6.07, 6.45) is 0. The number of nitrogens with one attached hydrogen (secondary N) is 1. The van der Waals surface area contributed by atoms with Crippen molar-refractivity contribution in [3.05, 3.63) is 71.9 Å². The van der Waals surface area contributed by atoms with Crippen molar-refractivity contribution in [2.45, 2.75) is 13.0 Å². The Morgan fingerprint density at radius 1 is 1.04 bits per heavy atom. The first-order valence-electron chi connectivity index (χ1n) is 7.48. The van der Waals surface area contributed by atoms with Gasteiger partial charge in [0.2, 0.25) is 0 Å². The van der Waals surface area contributed by atoms with Gasteiger partial charge in [0.15, 0.2) is 0 Å². The molecule has 4 nitrogen and oxygen atoms in total. The Morgan fingerprint density at radius 3 is 2.61 bits per heavy atom. The number of para-hydroxylation sites is 2. The smallest absolute Gasteiger partial charge is 0.270 e. The molecule has 1 N–H and O–H groups in total. The standard InChI is InChI=1S/C19H18N2O2/c1-13(15-8-4-6-10-18(15)23-2)20-19(22)17-12-11-14-7-3-5-9-16(14)21-17/h3-13H,1-2H3,(H,20,22). The fourth-order valence-electron chi connectivity index (χ4n) is 2.56. The van der Waals surface area contributed by atoms with Gasteiger partial charge >= 0.3 is 0 Å². The normalized spacial score (nSPS) is 11.9. The molecule has 2 aromatic carbocycles. The van der Waals surface area contributed by atoms with E-state index in [0.29, 0.717) is 5.69 Å². The SMILES string of the molecule is COc1ccccc1C(C)NC(=O)c1ccc2ccccc2n1. The van der Waals surface area contributed by atoms with Gasteiger partial charge in [0.25, 0.3) is 5.91 Å². The van der Waals surface area contributed by atoms with Crippen molar-refractivity contribution in [2.75, 3.05) is 7.11 Å². The second kappa shape index (κ2) is 6.48. The number of amides is 1. The Bertz CT molecular complexity index is 845. The highest BCUT2D eigenvalue weighted by Crippen LogP contribution is 2.24. The van der Waals surface area contributed by atoms with E-state index in [1.54, 1.807) is 13.2 Å². The molecule has 0 fully saturated rings. The highest BCUT2D eigenvalue weighted by Gasteiger charge is 2.15. The summed E-state index contributed by atoms with van der Waals surface area (Å²) in [7, 11) is 1.62. The molecule has 0 aliphatic heterocycles. The van der Waals surface area contributed by atoms with Crippen LogP contribution in [0.15, 0.2) is 60.7 Å². The van der Waals surface area contributed by atoms with Crippen LogP contribution in [-0.2, 0) is 0 Å². The van der Waals surface area contributed by atoms with Gasteiger partial charge < -0.3 is 10.1 Å².